The van der Waals surface area contributed by atoms with Crippen LogP contribution < -0.4 is 0 Å². The first-order valence-electron chi connectivity index (χ1n) is 12.8. The lowest BCUT2D eigenvalue weighted by atomic mass is 9.90. The van der Waals surface area contributed by atoms with Crippen molar-refractivity contribution in [1.82, 2.24) is 9.80 Å². The molecule has 0 N–H and O–H groups in total. The Bertz CT molecular complexity index is 850. The molecule has 2 heterocycles. The Hall–Kier alpha value is -2.62. The van der Waals surface area contributed by atoms with Gasteiger partial charge in [0.15, 0.2) is 0 Å². The van der Waals surface area contributed by atoms with E-state index >= 15 is 0 Å². The lowest BCUT2D eigenvalue weighted by molar-refractivity contribution is -0.146. The summed E-state index contributed by atoms with van der Waals surface area (Å²) < 4.78 is 0. The van der Waals surface area contributed by atoms with Crippen LogP contribution in [-0.2, 0) is 22.7 Å². The molecular formula is C29H38N2O2. The van der Waals surface area contributed by atoms with Crippen molar-refractivity contribution in [3.63, 3.8) is 0 Å². The van der Waals surface area contributed by atoms with E-state index in [1.54, 1.807) is 0 Å². The van der Waals surface area contributed by atoms with Gasteiger partial charge in [-0.3, -0.25) is 9.59 Å². The van der Waals surface area contributed by atoms with Gasteiger partial charge in [0.25, 0.3) is 0 Å². The van der Waals surface area contributed by atoms with E-state index in [1.165, 1.54) is 0 Å². The molecule has 2 saturated heterocycles. The summed E-state index contributed by atoms with van der Waals surface area (Å²) in [6.45, 7) is 5.50. The molecule has 2 fully saturated rings. The van der Waals surface area contributed by atoms with Crippen LogP contribution in [-0.4, -0.2) is 27.3 Å². The second-order valence-electron chi connectivity index (χ2n) is 9.89. The minimum atomic E-state index is -0.517. The normalized spacial score (nSPS) is 24.9. The summed E-state index contributed by atoms with van der Waals surface area (Å²) in [6.07, 6.45) is 7.63. The van der Waals surface area contributed by atoms with E-state index < -0.39 is 5.66 Å². The molecule has 2 aromatic rings. The van der Waals surface area contributed by atoms with Gasteiger partial charge in [0.2, 0.25) is 11.8 Å². The number of likely N-dealkylation sites (tertiary alicyclic amines) is 2. The fourth-order valence-electron chi connectivity index (χ4n) is 5.82. The van der Waals surface area contributed by atoms with Crippen molar-refractivity contribution in [2.24, 2.45) is 11.8 Å². The van der Waals surface area contributed by atoms with E-state index in [0.717, 1.165) is 62.5 Å². The van der Waals surface area contributed by atoms with Crippen molar-refractivity contribution in [2.45, 2.75) is 84.0 Å². The number of nitrogens with zero attached hydrogens (tertiary/aromatic N) is 2. The number of hydrogen-bond acceptors (Lipinski definition) is 2. The maximum Gasteiger partial charge on any atom is 0.228 e. The third-order valence-corrected chi connectivity index (χ3v) is 7.56. The Labute approximate surface area is 199 Å². The van der Waals surface area contributed by atoms with E-state index in [1.807, 2.05) is 36.4 Å². The summed E-state index contributed by atoms with van der Waals surface area (Å²) >= 11 is 0. The maximum absolute atomic E-state index is 13.8. The summed E-state index contributed by atoms with van der Waals surface area (Å²) in [6, 6.07) is 20.5. The SMILES string of the molecule is CCCCC1CC2(CC(CCCC)C(=O)N2Cc2ccccc2)N(Cc2ccccc2)C1=O. The van der Waals surface area contributed by atoms with Crippen molar-refractivity contribution in [3.8, 4) is 0 Å². The zero-order valence-electron chi connectivity index (χ0n) is 20.2. The largest absolute Gasteiger partial charge is 0.315 e. The minimum Gasteiger partial charge on any atom is -0.315 e. The van der Waals surface area contributed by atoms with Gasteiger partial charge in [0, 0.05) is 37.8 Å². The monoisotopic (exact) mass is 446 g/mol. The van der Waals surface area contributed by atoms with Crippen molar-refractivity contribution in [1.29, 1.82) is 0 Å². The van der Waals surface area contributed by atoms with Crippen LogP contribution in [0.3, 0.4) is 0 Å². The highest BCUT2D eigenvalue weighted by molar-refractivity contribution is 5.88. The molecule has 2 aromatic carbocycles. The topological polar surface area (TPSA) is 40.6 Å². The average molecular weight is 447 g/mol. The quantitative estimate of drug-likeness (QED) is 0.438. The summed E-state index contributed by atoms with van der Waals surface area (Å²) in [4.78, 5) is 31.7. The van der Waals surface area contributed by atoms with Crippen LogP contribution >= 0.6 is 0 Å². The molecule has 33 heavy (non-hydrogen) atoms. The van der Waals surface area contributed by atoms with Gasteiger partial charge in [0.05, 0.1) is 0 Å². The van der Waals surface area contributed by atoms with Crippen LogP contribution in [0.2, 0.25) is 0 Å². The molecule has 0 aromatic heterocycles. The first-order valence-corrected chi connectivity index (χ1v) is 12.8. The zero-order valence-corrected chi connectivity index (χ0v) is 20.2. The first kappa shape index (κ1) is 23.5. The van der Waals surface area contributed by atoms with Crippen molar-refractivity contribution >= 4 is 11.8 Å². The van der Waals surface area contributed by atoms with Crippen molar-refractivity contribution in [3.05, 3.63) is 71.8 Å². The molecule has 2 atom stereocenters. The van der Waals surface area contributed by atoms with Crippen LogP contribution in [0.15, 0.2) is 60.7 Å². The van der Waals surface area contributed by atoms with Gasteiger partial charge in [0.1, 0.15) is 5.66 Å². The second-order valence-corrected chi connectivity index (χ2v) is 9.89. The molecular weight excluding hydrogens is 408 g/mol. The van der Waals surface area contributed by atoms with Crippen molar-refractivity contribution in [2.75, 3.05) is 0 Å². The fourth-order valence-corrected chi connectivity index (χ4v) is 5.82. The van der Waals surface area contributed by atoms with Gasteiger partial charge in [-0.15, -0.1) is 0 Å². The number of carbonyl (C=O) groups excluding carboxylic acids is 2. The molecule has 2 aliphatic rings. The Morgan fingerprint density at radius 3 is 1.45 bits per heavy atom. The summed E-state index contributed by atoms with van der Waals surface area (Å²) in [5, 5.41) is 0. The van der Waals surface area contributed by atoms with Gasteiger partial charge < -0.3 is 9.80 Å². The number of carbonyl (C=O) groups is 2. The molecule has 4 nitrogen and oxygen atoms in total. The molecule has 4 heteroatoms. The summed E-state index contributed by atoms with van der Waals surface area (Å²) in [5.41, 5.74) is 1.74. The fraction of sp³-hybridized carbons (Fsp3) is 0.517. The molecule has 4 rings (SSSR count). The molecule has 2 unspecified atom stereocenters. The summed E-state index contributed by atoms with van der Waals surface area (Å²) in [5.74, 6) is 0.470. The number of unbranched alkanes of at least 4 members (excludes halogenated alkanes) is 2. The highest BCUT2D eigenvalue weighted by atomic mass is 16.2. The minimum absolute atomic E-state index is 0.00432. The highest BCUT2D eigenvalue weighted by Gasteiger charge is 2.60. The average Bonchev–Trinajstić information content (AvgIpc) is 3.25. The number of benzene rings is 2. The Morgan fingerprint density at radius 2 is 1.09 bits per heavy atom. The van der Waals surface area contributed by atoms with Crippen LogP contribution in [0.1, 0.15) is 76.3 Å². The van der Waals surface area contributed by atoms with Crippen LogP contribution in [0.5, 0.6) is 0 Å². The molecule has 1 spiro atoms. The lowest BCUT2D eigenvalue weighted by Gasteiger charge is -2.42. The third-order valence-electron chi connectivity index (χ3n) is 7.56. The van der Waals surface area contributed by atoms with E-state index in [0.29, 0.717) is 13.1 Å². The molecule has 0 aliphatic carbocycles. The molecule has 0 radical (unpaired) electrons. The van der Waals surface area contributed by atoms with Gasteiger partial charge in [-0.25, -0.2) is 0 Å². The third kappa shape index (κ3) is 4.85. The smallest absolute Gasteiger partial charge is 0.228 e. The predicted octanol–water partition coefficient (Wildman–Crippen LogP) is 6.16. The molecule has 0 bridgehead atoms. The van der Waals surface area contributed by atoms with Gasteiger partial charge in [-0.2, -0.15) is 0 Å². The number of hydrogen-bond donors (Lipinski definition) is 0. The zero-order chi connectivity index (χ0) is 23.3. The van der Waals surface area contributed by atoms with Crippen molar-refractivity contribution < 1.29 is 9.59 Å². The lowest BCUT2D eigenvalue weighted by Crippen LogP contribution is -2.55. The van der Waals surface area contributed by atoms with Gasteiger partial charge in [-0.05, 0) is 24.0 Å². The van der Waals surface area contributed by atoms with E-state index in [9.17, 15) is 9.59 Å². The second kappa shape index (κ2) is 10.5. The number of rotatable bonds is 10. The number of amides is 2. The summed E-state index contributed by atoms with van der Waals surface area (Å²) in [7, 11) is 0. The van der Waals surface area contributed by atoms with Crippen LogP contribution in [0.25, 0.3) is 0 Å². The van der Waals surface area contributed by atoms with E-state index in [-0.39, 0.29) is 23.7 Å². The van der Waals surface area contributed by atoms with Crippen LogP contribution in [0, 0.1) is 11.8 Å². The Balaban J connectivity index is 1.72. The molecule has 2 amide bonds. The Morgan fingerprint density at radius 1 is 0.697 bits per heavy atom. The Kier molecular flexibility index (Phi) is 7.52. The molecule has 2 aliphatic heterocycles. The van der Waals surface area contributed by atoms with E-state index in [2.05, 4.69) is 47.9 Å². The highest BCUT2D eigenvalue weighted by Crippen LogP contribution is 2.50. The standard InChI is InChI=1S/C29H38N2O2/c1-3-5-17-25-19-29(30(27(25)32)21-23-13-9-7-10-14-23)20-26(18-6-4-2)28(33)31(29)22-24-15-11-8-12-16-24/h7-16,25-26H,3-6,17-22H2,1-2H3. The molecule has 0 saturated carbocycles. The predicted molar refractivity (Wildman–Crippen MR) is 132 cm³/mol. The van der Waals surface area contributed by atoms with Gasteiger partial charge in [-0.1, -0.05) is 100 Å². The molecule has 176 valence electrons. The van der Waals surface area contributed by atoms with Crippen LogP contribution in [0.4, 0.5) is 0 Å². The van der Waals surface area contributed by atoms with Gasteiger partial charge >= 0.3 is 0 Å². The van der Waals surface area contributed by atoms with E-state index in [4.69, 9.17) is 0 Å². The maximum atomic E-state index is 13.8. The first-order chi connectivity index (χ1) is 16.1.